The van der Waals surface area contributed by atoms with E-state index in [2.05, 4.69) is 17.5 Å². The molecular weight excluding hydrogens is 332 g/mol. The number of unbranched alkanes of at least 4 members (excludes halogenated alkanes) is 4. The molecule has 1 saturated carbocycles. The molecule has 1 aliphatic carbocycles. The number of likely N-dealkylation sites (N-methyl/N-ethyl adjacent to an activating group) is 1. The Morgan fingerprint density at radius 2 is 1.96 bits per heavy atom. The van der Waals surface area contributed by atoms with Crippen LogP contribution in [0.3, 0.4) is 0 Å². The first-order valence-electron chi connectivity index (χ1n) is 9.84. The van der Waals surface area contributed by atoms with Crippen molar-refractivity contribution in [2.75, 3.05) is 20.7 Å². The normalized spacial score (nSPS) is 24.7. The van der Waals surface area contributed by atoms with Crippen LogP contribution in [0, 0.1) is 11.8 Å². The lowest BCUT2D eigenvalue weighted by Gasteiger charge is -2.23. The highest BCUT2D eigenvalue weighted by molar-refractivity contribution is 5.88. The Morgan fingerprint density at radius 3 is 2.69 bits per heavy atom. The Hall–Kier alpha value is -1.85. The van der Waals surface area contributed by atoms with Gasteiger partial charge in [-0.3, -0.25) is 14.4 Å². The van der Waals surface area contributed by atoms with Gasteiger partial charge in [-0.1, -0.05) is 25.0 Å². The SMILES string of the molecule is CNC(=O)C1CCCN1C(=O)CCCCCC/C=C\C1CC1C(=O)OC. The van der Waals surface area contributed by atoms with Gasteiger partial charge in [0.2, 0.25) is 11.8 Å². The molecule has 1 heterocycles. The molecule has 2 rings (SSSR count). The fraction of sp³-hybridized carbons (Fsp3) is 0.750. The number of likely N-dealkylation sites (tertiary alicyclic amines) is 1. The molecular formula is C20H32N2O4. The molecule has 2 aliphatic rings. The Bertz CT molecular complexity index is 532. The molecule has 0 aromatic carbocycles. The summed E-state index contributed by atoms with van der Waals surface area (Å²) in [5.74, 6) is 0.410. The minimum Gasteiger partial charge on any atom is -0.469 e. The quantitative estimate of drug-likeness (QED) is 0.367. The molecule has 1 aliphatic heterocycles. The summed E-state index contributed by atoms with van der Waals surface area (Å²) in [6.07, 6.45) is 12.6. The molecule has 0 radical (unpaired) electrons. The molecule has 6 nitrogen and oxygen atoms in total. The van der Waals surface area contributed by atoms with E-state index in [9.17, 15) is 14.4 Å². The number of amides is 2. The number of ether oxygens (including phenoxy) is 1. The second-order valence-electron chi connectivity index (χ2n) is 7.27. The van der Waals surface area contributed by atoms with E-state index in [0.29, 0.717) is 18.9 Å². The first kappa shape index (κ1) is 20.5. The zero-order valence-corrected chi connectivity index (χ0v) is 16.0. The van der Waals surface area contributed by atoms with E-state index in [1.165, 1.54) is 7.11 Å². The van der Waals surface area contributed by atoms with Gasteiger partial charge >= 0.3 is 5.97 Å². The van der Waals surface area contributed by atoms with E-state index in [4.69, 9.17) is 4.74 Å². The Labute approximate surface area is 156 Å². The van der Waals surface area contributed by atoms with Crippen molar-refractivity contribution >= 4 is 17.8 Å². The third-order valence-electron chi connectivity index (χ3n) is 5.36. The molecule has 0 spiro atoms. The number of esters is 1. The highest BCUT2D eigenvalue weighted by Gasteiger charge is 2.41. The lowest BCUT2D eigenvalue weighted by Crippen LogP contribution is -2.44. The second-order valence-corrected chi connectivity index (χ2v) is 7.27. The number of nitrogens with zero attached hydrogens (tertiary/aromatic N) is 1. The summed E-state index contributed by atoms with van der Waals surface area (Å²) in [4.78, 5) is 37.1. The van der Waals surface area contributed by atoms with Crippen LogP contribution < -0.4 is 5.32 Å². The van der Waals surface area contributed by atoms with Crippen molar-refractivity contribution in [3.63, 3.8) is 0 Å². The van der Waals surface area contributed by atoms with Gasteiger partial charge in [0.15, 0.2) is 0 Å². The molecule has 1 saturated heterocycles. The van der Waals surface area contributed by atoms with Gasteiger partial charge in [-0.05, 0) is 44.4 Å². The molecule has 6 heteroatoms. The van der Waals surface area contributed by atoms with Crippen molar-refractivity contribution in [3.8, 4) is 0 Å². The van der Waals surface area contributed by atoms with Gasteiger partial charge in [-0.25, -0.2) is 0 Å². The van der Waals surface area contributed by atoms with Crippen LogP contribution in [0.4, 0.5) is 0 Å². The van der Waals surface area contributed by atoms with Gasteiger partial charge in [0.25, 0.3) is 0 Å². The predicted molar refractivity (Wildman–Crippen MR) is 99.3 cm³/mol. The number of carbonyl (C=O) groups is 3. The Kier molecular flexibility index (Phi) is 8.13. The van der Waals surface area contributed by atoms with Gasteiger partial charge in [-0.15, -0.1) is 0 Å². The minimum atomic E-state index is -0.270. The highest BCUT2D eigenvalue weighted by atomic mass is 16.5. The Balaban J connectivity index is 1.51. The van der Waals surface area contributed by atoms with Crippen LogP contribution in [-0.2, 0) is 19.1 Å². The summed E-state index contributed by atoms with van der Waals surface area (Å²) in [6.45, 7) is 0.704. The largest absolute Gasteiger partial charge is 0.469 e. The first-order valence-corrected chi connectivity index (χ1v) is 9.84. The van der Waals surface area contributed by atoms with E-state index in [1.54, 1.807) is 11.9 Å². The molecule has 2 amide bonds. The second kappa shape index (κ2) is 10.3. The van der Waals surface area contributed by atoms with Gasteiger partial charge in [0.1, 0.15) is 6.04 Å². The summed E-state index contributed by atoms with van der Waals surface area (Å²) < 4.78 is 4.73. The summed E-state index contributed by atoms with van der Waals surface area (Å²) >= 11 is 0. The number of allylic oxidation sites excluding steroid dienone is 2. The summed E-state index contributed by atoms with van der Waals surface area (Å²) in [7, 11) is 3.06. The maximum Gasteiger partial charge on any atom is 0.309 e. The molecule has 2 fully saturated rings. The standard InChI is InChI=1S/C20H32N2O4/c1-21-19(24)17-11-9-13-22(17)18(23)12-8-6-4-3-5-7-10-15-14-16(15)20(25)26-2/h7,10,15-17H,3-6,8-9,11-14H2,1-2H3,(H,21,24)/b10-7-. The van der Waals surface area contributed by atoms with Gasteiger partial charge in [0, 0.05) is 20.0 Å². The third kappa shape index (κ3) is 5.85. The fourth-order valence-electron chi connectivity index (χ4n) is 3.66. The monoisotopic (exact) mass is 364 g/mol. The zero-order valence-electron chi connectivity index (χ0n) is 16.0. The van der Waals surface area contributed by atoms with Gasteiger partial charge < -0.3 is 15.0 Å². The lowest BCUT2D eigenvalue weighted by atomic mass is 10.1. The van der Waals surface area contributed by atoms with Crippen LogP contribution in [0.2, 0.25) is 0 Å². The summed E-state index contributed by atoms with van der Waals surface area (Å²) in [5, 5.41) is 2.65. The molecule has 0 bridgehead atoms. The molecule has 3 atom stereocenters. The number of hydrogen-bond donors (Lipinski definition) is 1. The molecule has 0 aromatic rings. The van der Waals surface area contributed by atoms with Gasteiger partial charge in [0.05, 0.1) is 13.0 Å². The van der Waals surface area contributed by atoms with Crippen LogP contribution in [0.1, 0.15) is 57.8 Å². The van der Waals surface area contributed by atoms with Crippen LogP contribution >= 0.6 is 0 Å². The van der Waals surface area contributed by atoms with Crippen LogP contribution in [0.5, 0.6) is 0 Å². The molecule has 146 valence electrons. The number of methoxy groups -OCH3 is 1. The van der Waals surface area contributed by atoms with Crippen LogP contribution in [-0.4, -0.2) is 49.4 Å². The number of carbonyl (C=O) groups excluding carboxylic acids is 3. The average Bonchev–Trinajstić information content (AvgIpc) is 3.25. The zero-order chi connectivity index (χ0) is 18.9. The van der Waals surface area contributed by atoms with Crippen molar-refractivity contribution in [3.05, 3.63) is 12.2 Å². The molecule has 0 aromatic heterocycles. The van der Waals surface area contributed by atoms with Crippen molar-refractivity contribution in [1.29, 1.82) is 0 Å². The van der Waals surface area contributed by atoms with Crippen molar-refractivity contribution in [2.24, 2.45) is 11.8 Å². The van der Waals surface area contributed by atoms with E-state index in [-0.39, 0.29) is 29.7 Å². The van der Waals surface area contributed by atoms with Gasteiger partial charge in [-0.2, -0.15) is 0 Å². The predicted octanol–water partition coefficient (Wildman–Crippen LogP) is 2.43. The van der Waals surface area contributed by atoms with Crippen molar-refractivity contribution < 1.29 is 19.1 Å². The van der Waals surface area contributed by atoms with Crippen LogP contribution in [0.15, 0.2) is 12.2 Å². The van der Waals surface area contributed by atoms with E-state index in [0.717, 1.165) is 51.4 Å². The maximum atomic E-state index is 12.3. The molecule has 1 N–H and O–H groups in total. The number of hydrogen-bond acceptors (Lipinski definition) is 4. The van der Waals surface area contributed by atoms with E-state index >= 15 is 0 Å². The number of rotatable bonds is 10. The topological polar surface area (TPSA) is 75.7 Å². The maximum absolute atomic E-state index is 12.3. The average molecular weight is 364 g/mol. The minimum absolute atomic E-state index is 0.0484. The molecule has 26 heavy (non-hydrogen) atoms. The van der Waals surface area contributed by atoms with Crippen molar-refractivity contribution in [2.45, 2.75) is 63.8 Å². The Morgan fingerprint density at radius 1 is 1.19 bits per heavy atom. The van der Waals surface area contributed by atoms with Crippen molar-refractivity contribution in [1.82, 2.24) is 10.2 Å². The lowest BCUT2D eigenvalue weighted by molar-refractivity contribution is -0.142. The summed E-state index contributed by atoms with van der Waals surface area (Å²) in [6, 6.07) is -0.270. The molecule has 3 unspecified atom stereocenters. The fourth-order valence-corrected chi connectivity index (χ4v) is 3.66. The summed E-state index contributed by atoms with van der Waals surface area (Å²) in [5.41, 5.74) is 0. The third-order valence-corrected chi connectivity index (χ3v) is 5.36. The van der Waals surface area contributed by atoms with E-state index in [1.807, 2.05) is 0 Å². The van der Waals surface area contributed by atoms with E-state index < -0.39 is 0 Å². The number of nitrogens with one attached hydrogen (secondary N) is 1. The van der Waals surface area contributed by atoms with Crippen LogP contribution in [0.25, 0.3) is 0 Å². The first-order chi connectivity index (χ1) is 12.6. The smallest absolute Gasteiger partial charge is 0.309 e. The highest BCUT2D eigenvalue weighted by Crippen LogP contribution is 2.40.